The first-order chi connectivity index (χ1) is 6.90. The van der Waals surface area contributed by atoms with Crippen molar-refractivity contribution in [1.29, 1.82) is 0 Å². The Morgan fingerprint density at radius 2 is 2.00 bits per heavy atom. The molecule has 1 aromatic carbocycles. The van der Waals surface area contributed by atoms with Crippen LogP contribution in [-0.2, 0) is 14.3 Å². The third-order valence-corrected chi connectivity index (χ3v) is 2.45. The van der Waals surface area contributed by atoms with E-state index in [4.69, 9.17) is 11.6 Å². The summed E-state index contributed by atoms with van der Waals surface area (Å²) in [5.74, 6) is -0.467. The first-order valence-electron chi connectivity index (χ1n) is 4.02. The van der Waals surface area contributed by atoms with Gasteiger partial charge in [-0.05, 0) is 12.1 Å². The molecular weight excluding hydrogens is 240 g/mol. The van der Waals surface area contributed by atoms with Crippen LogP contribution in [0.15, 0.2) is 24.3 Å². The topological polar surface area (TPSA) is 60.4 Å². The van der Waals surface area contributed by atoms with Crippen LogP contribution in [0.2, 0.25) is 5.02 Å². The third kappa shape index (κ3) is 3.99. The molecule has 0 aliphatic carbocycles. The Kier molecular flexibility index (Phi) is 3.84. The molecule has 1 rings (SSSR count). The van der Waals surface area contributed by atoms with E-state index in [0.717, 1.165) is 6.26 Å². The van der Waals surface area contributed by atoms with Crippen LogP contribution in [0.3, 0.4) is 0 Å². The standard InChI is InChI=1S/C9H9ClO4S/c1-15(12,13)14-6-9(11)7-4-2-3-5-8(7)10/h2-5H,6H2,1H3. The Labute approximate surface area is 92.9 Å². The number of carbonyl (C=O) groups is 1. The van der Waals surface area contributed by atoms with Crippen LogP contribution in [0.1, 0.15) is 10.4 Å². The average molecular weight is 249 g/mol. The second kappa shape index (κ2) is 4.74. The lowest BCUT2D eigenvalue weighted by Crippen LogP contribution is -2.13. The van der Waals surface area contributed by atoms with E-state index in [1.54, 1.807) is 18.2 Å². The summed E-state index contributed by atoms with van der Waals surface area (Å²) in [4.78, 5) is 11.4. The van der Waals surface area contributed by atoms with E-state index in [1.165, 1.54) is 6.07 Å². The van der Waals surface area contributed by atoms with Crippen molar-refractivity contribution in [2.75, 3.05) is 12.9 Å². The third-order valence-electron chi connectivity index (χ3n) is 1.58. The van der Waals surface area contributed by atoms with Crippen molar-refractivity contribution in [1.82, 2.24) is 0 Å². The minimum atomic E-state index is -3.60. The summed E-state index contributed by atoms with van der Waals surface area (Å²) >= 11 is 5.74. The van der Waals surface area contributed by atoms with Gasteiger partial charge in [0.25, 0.3) is 10.1 Å². The molecule has 0 aliphatic rings. The van der Waals surface area contributed by atoms with E-state index in [1.807, 2.05) is 0 Å². The minimum Gasteiger partial charge on any atom is -0.291 e. The van der Waals surface area contributed by atoms with E-state index in [-0.39, 0.29) is 10.6 Å². The Balaban J connectivity index is 2.75. The van der Waals surface area contributed by atoms with Crippen molar-refractivity contribution in [3.05, 3.63) is 34.9 Å². The Bertz CT molecular complexity index is 467. The lowest BCUT2D eigenvalue weighted by Gasteiger charge is -2.02. The fourth-order valence-electron chi connectivity index (χ4n) is 0.926. The predicted octanol–water partition coefficient (Wildman–Crippen LogP) is 1.50. The highest BCUT2D eigenvalue weighted by Crippen LogP contribution is 2.15. The van der Waals surface area contributed by atoms with Crippen molar-refractivity contribution < 1.29 is 17.4 Å². The highest BCUT2D eigenvalue weighted by Gasteiger charge is 2.12. The number of carbonyl (C=O) groups excluding carboxylic acids is 1. The zero-order valence-electron chi connectivity index (χ0n) is 7.94. The van der Waals surface area contributed by atoms with Gasteiger partial charge in [-0.3, -0.25) is 8.98 Å². The summed E-state index contributed by atoms with van der Waals surface area (Å²) in [5.41, 5.74) is 0.253. The molecule has 15 heavy (non-hydrogen) atoms. The van der Waals surface area contributed by atoms with Crippen LogP contribution >= 0.6 is 11.6 Å². The van der Waals surface area contributed by atoms with Gasteiger partial charge in [-0.2, -0.15) is 8.42 Å². The molecule has 6 heteroatoms. The van der Waals surface area contributed by atoms with Crippen LogP contribution in [-0.4, -0.2) is 27.1 Å². The fraction of sp³-hybridized carbons (Fsp3) is 0.222. The number of ketones is 1. The van der Waals surface area contributed by atoms with Gasteiger partial charge in [-0.1, -0.05) is 23.7 Å². The van der Waals surface area contributed by atoms with Gasteiger partial charge in [0.2, 0.25) is 0 Å². The molecule has 0 aromatic heterocycles. The number of Topliss-reactive ketones (excluding diaryl/α,β-unsaturated/α-hetero) is 1. The maximum absolute atomic E-state index is 11.4. The molecule has 0 atom stereocenters. The fourth-order valence-corrected chi connectivity index (χ4v) is 1.49. The molecule has 1 aromatic rings. The van der Waals surface area contributed by atoms with Crippen LogP contribution in [0.5, 0.6) is 0 Å². The van der Waals surface area contributed by atoms with Crippen molar-refractivity contribution in [3.8, 4) is 0 Å². The molecule has 0 unspecified atom stereocenters. The van der Waals surface area contributed by atoms with E-state index >= 15 is 0 Å². The summed E-state index contributed by atoms with van der Waals surface area (Å²) in [6.45, 7) is -0.525. The van der Waals surface area contributed by atoms with Crippen molar-refractivity contribution in [2.24, 2.45) is 0 Å². The van der Waals surface area contributed by atoms with Crippen LogP contribution in [0, 0.1) is 0 Å². The van der Waals surface area contributed by atoms with Gasteiger partial charge in [0.05, 0.1) is 11.3 Å². The number of hydrogen-bond donors (Lipinski definition) is 0. The average Bonchev–Trinajstić information content (AvgIpc) is 2.14. The molecule has 0 amide bonds. The van der Waals surface area contributed by atoms with Crippen molar-refractivity contribution in [3.63, 3.8) is 0 Å². The molecule has 0 heterocycles. The van der Waals surface area contributed by atoms with Gasteiger partial charge in [0.1, 0.15) is 6.61 Å². The van der Waals surface area contributed by atoms with E-state index in [0.29, 0.717) is 0 Å². The van der Waals surface area contributed by atoms with Gasteiger partial charge in [0.15, 0.2) is 5.78 Å². The lowest BCUT2D eigenvalue weighted by atomic mass is 10.1. The monoisotopic (exact) mass is 248 g/mol. The summed E-state index contributed by atoms with van der Waals surface area (Å²) in [6, 6.07) is 6.38. The maximum Gasteiger partial charge on any atom is 0.264 e. The van der Waals surface area contributed by atoms with Gasteiger partial charge in [-0.25, -0.2) is 0 Å². The second-order valence-corrected chi connectivity index (χ2v) is 4.92. The maximum atomic E-state index is 11.4. The molecule has 0 saturated heterocycles. The molecule has 0 bridgehead atoms. The number of hydrogen-bond acceptors (Lipinski definition) is 4. The zero-order valence-corrected chi connectivity index (χ0v) is 9.51. The molecule has 82 valence electrons. The molecule has 0 fully saturated rings. The molecule has 4 nitrogen and oxygen atoms in total. The van der Waals surface area contributed by atoms with Gasteiger partial charge in [-0.15, -0.1) is 0 Å². The molecule has 0 aliphatic heterocycles. The normalized spacial score (nSPS) is 11.3. The molecule has 0 saturated carbocycles. The number of benzene rings is 1. The largest absolute Gasteiger partial charge is 0.291 e. The second-order valence-electron chi connectivity index (χ2n) is 2.87. The zero-order chi connectivity index (χ0) is 11.5. The van der Waals surface area contributed by atoms with Gasteiger partial charge >= 0.3 is 0 Å². The van der Waals surface area contributed by atoms with E-state index in [2.05, 4.69) is 4.18 Å². The van der Waals surface area contributed by atoms with Crippen LogP contribution in [0.4, 0.5) is 0 Å². The van der Waals surface area contributed by atoms with Gasteiger partial charge in [0, 0.05) is 5.56 Å². The highest BCUT2D eigenvalue weighted by atomic mass is 35.5. The quantitative estimate of drug-likeness (QED) is 0.598. The summed E-state index contributed by atoms with van der Waals surface area (Å²) in [7, 11) is -3.60. The predicted molar refractivity (Wildman–Crippen MR) is 56.6 cm³/mol. The summed E-state index contributed by atoms with van der Waals surface area (Å²) in [6.07, 6.45) is 0.882. The first-order valence-corrected chi connectivity index (χ1v) is 6.22. The SMILES string of the molecule is CS(=O)(=O)OCC(=O)c1ccccc1Cl. The van der Waals surface area contributed by atoms with Crippen molar-refractivity contribution >= 4 is 27.5 Å². The van der Waals surface area contributed by atoms with Gasteiger partial charge < -0.3 is 0 Å². The smallest absolute Gasteiger partial charge is 0.264 e. The van der Waals surface area contributed by atoms with E-state index < -0.39 is 22.5 Å². The Hall–Kier alpha value is -0.910. The Morgan fingerprint density at radius 1 is 1.40 bits per heavy atom. The number of halogens is 1. The van der Waals surface area contributed by atoms with Crippen molar-refractivity contribution in [2.45, 2.75) is 0 Å². The number of rotatable bonds is 4. The molecule has 0 radical (unpaired) electrons. The highest BCUT2D eigenvalue weighted by molar-refractivity contribution is 7.86. The van der Waals surface area contributed by atoms with Crippen LogP contribution < -0.4 is 0 Å². The van der Waals surface area contributed by atoms with E-state index in [9.17, 15) is 13.2 Å². The summed E-state index contributed by atoms with van der Waals surface area (Å²) < 4.78 is 25.7. The summed E-state index contributed by atoms with van der Waals surface area (Å²) in [5, 5.41) is 0.277. The minimum absolute atomic E-state index is 0.253. The molecular formula is C9H9ClO4S. The van der Waals surface area contributed by atoms with Crippen LogP contribution in [0.25, 0.3) is 0 Å². The molecule has 0 spiro atoms. The molecule has 0 N–H and O–H groups in total. The Morgan fingerprint density at radius 3 is 2.53 bits per heavy atom. The lowest BCUT2D eigenvalue weighted by molar-refractivity contribution is 0.0925. The first kappa shape index (κ1) is 12.2.